The minimum atomic E-state index is 0.160. The van der Waals surface area contributed by atoms with Crippen molar-refractivity contribution in [2.45, 2.75) is 64.0 Å². The zero-order valence-electron chi connectivity index (χ0n) is 10.6. The number of nitrogens with one attached hydrogen (secondary N) is 1. The molecule has 0 saturated carbocycles. The zero-order chi connectivity index (χ0) is 11.7. The Morgan fingerprint density at radius 1 is 1.27 bits per heavy atom. The summed E-state index contributed by atoms with van der Waals surface area (Å²) in [5.41, 5.74) is 0.623. The van der Waals surface area contributed by atoms with Crippen molar-refractivity contribution in [2.24, 2.45) is 5.41 Å². The first-order valence-corrected chi connectivity index (χ1v) is 6.45. The Labute approximate surface area is 99.6 Å². The van der Waals surface area contributed by atoms with E-state index in [1.54, 1.807) is 0 Å². The van der Waals surface area contributed by atoms with Gasteiger partial charge in [-0.05, 0) is 38.6 Å². The van der Waals surface area contributed by atoms with Gasteiger partial charge in [0.2, 0.25) is 0 Å². The summed E-state index contributed by atoms with van der Waals surface area (Å²) >= 11 is 4.39. The molecule has 15 heavy (non-hydrogen) atoms. The minimum Gasteiger partial charge on any atom is -0.358 e. The largest absolute Gasteiger partial charge is 0.358 e. The Bertz CT molecular complexity index is 218. The molecule has 1 saturated heterocycles. The number of epoxide rings is 1. The quantitative estimate of drug-likeness (QED) is 0.543. The predicted molar refractivity (Wildman–Crippen MR) is 68.4 cm³/mol. The van der Waals surface area contributed by atoms with E-state index in [9.17, 15) is 0 Å². The molecule has 90 valence electrons. The SMILES string of the molecule is CCC(C)(CC(C)(CC)C1OC1S)NC. The lowest BCUT2D eigenvalue weighted by molar-refractivity contribution is 0.139. The van der Waals surface area contributed by atoms with E-state index < -0.39 is 0 Å². The highest BCUT2D eigenvalue weighted by molar-refractivity contribution is 7.81. The fraction of sp³-hybridized carbons (Fsp3) is 1.00. The van der Waals surface area contributed by atoms with Crippen molar-refractivity contribution in [3.05, 3.63) is 0 Å². The zero-order valence-corrected chi connectivity index (χ0v) is 11.5. The van der Waals surface area contributed by atoms with Crippen molar-refractivity contribution in [2.75, 3.05) is 7.05 Å². The van der Waals surface area contributed by atoms with Crippen LogP contribution in [0.15, 0.2) is 0 Å². The molecule has 0 bridgehead atoms. The fourth-order valence-electron chi connectivity index (χ4n) is 2.32. The molecule has 2 nitrogen and oxygen atoms in total. The van der Waals surface area contributed by atoms with Crippen molar-refractivity contribution in [3.63, 3.8) is 0 Å². The van der Waals surface area contributed by atoms with Gasteiger partial charge in [-0.25, -0.2) is 0 Å². The molecule has 0 spiro atoms. The van der Waals surface area contributed by atoms with Gasteiger partial charge >= 0.3 is 0 Å². The Morgan fingerprint density at radius 3 is 2.07 bits per heavy atom. The maximum Gasteiger partial charge on any atom is 0.127 e. The molecule has 1 aliphatic rings. The van der Waals surface area contributed by atoms with Gasteiger partial charge in [-0.2, -0.15) is 0 Å². The van der Waals surface area contributed by atoms with Gasteiger partial charge in [0.1, 0.15) is 5.44 Å². The molecule has 1 rings (SSSR count). The third kappa shape index (κ3) is 2.89. The van der Waals surface area contributed by atoms with Gasteiger partial charge in [-0.3, -0.25) is 0 Å². The first kappa shape index (κ1) is 13.3. The van der Waals surface area contributed by atoms with E-state index in [4.69, 9.17) is 4.74 Å². The predicted octanol–water partition coefficient (Wildman–Crippen LogP) is 2.84. The van der Waals surface area contributed by atoms with Gasteiger partial charge in [0.15, 0.2) is 0 Å². The lowest BCUT2D eigenvalue weighted by Gasteiger charge is -2.38. The number of thiol groups is 1. The molecule has 1 N–H and O–H groups in total. The van der Waals surface area contributed by atoms with Crippen LogP contribution in [0.2, 0.25) is 0 Å². The summed E-state index contributed by atoms with van der Waals surface area (Å²) in [6.45, 7) is 9.09. The Hall–Kier alpha value is 0.270. The van der Waals surface area contributed by atoms with E-state index in [0.717, 1.165) is 19.3 Å². The second kappa shape index (κ2) is 4.64. The maximum absolute atomic E-state index is 5.54. The monoisotopic (exact) mass is 231 g/mol. The smallest absolute Gasteiger partial charge is 0.127 e. The highest BCUT2D eigenvalue weighted by atomic mass is 32.1. The average Bonchev–Trinajstić information content (AvgIpc) is 2.96. The standard InChI is InChI=1S/C12H25NOS/c1-6-11(3,9-10(15)14-9)8-12(4,7-2)13-5/h9-10,13,15H,6-8H2,1-5H3. The maximum atomic E-state index is 5.54. The van der Waals surface area contributed by atoms with Crippen LogP contribution < -0.4 is 5.32 Å². The number of ether oxygens (including phenoxy) is 1. The van der Waals surface area contributed by atoms with Gasteiger partial charge in [0.05, 0.1) is 6.10 Å². The topological polar surface area (TPSA) is 24.6 Å². The lowest BCUT2D eigenvalue weighted by atomic mass is 9.73. The Morgan fingerprint density at radius 2 is 1.80 bits per heavy atom. The van der Waals surface area contributed by atoms with E-state index in [0.29, 0.717) is 6.10 Å². The first-order chi connectivity index (χ1) is 6.90. The molecule has 1 heterocycles. The molecule has 4 unspecified atom stereocenters. The second-order valence-electron chi connectivity index (χ2n) is 5.30. The van der Waals surface area contributed by atoms with Crippen LogP contribution in [-0.4, -0.2) is 24.1 Å². The second-order valence-corrected chi connectivity index (χ2v) is 5.80. The molecular formula is C12H25NOS. The first-order valence-electron chi connectivity index (χ1n) is 5.93. The van der Waals surface area contributed by atoms with Gasteiger partial charge < -0.3 is 10.1 Å². The summed E-state index contributed by atoms with van der Waals surface area (Å²) in [4.78, 5) is 0. The summed E-state index contributed by atoms with van der Waals surface area (Å²) in [6, 6.07) is 0. The van der Waals surface area contributed by atoms with Gasteiger partial charge in [-0.1, -0.05) is 20.8 Å². The van der Waals surface area contributed by atoms with Crippen LogP contribution in [0.1, 0.15) is 47.0 Å². The number of rotatable bonds is 6. The Kier molecular flexibility index (Phi) is 4.13. The summed E-state index contributed by atoms with van der Waals surface area (Å²) < 4.78 is 5.54. The van der Waals surface area contributed by atoms with E-state index in [-0.39, 0.29) is 16.4 Å². The minimum absolute atomic E-state index is 0.160. The van der Waals surface area contributed by atoms with Crippen molar-refractivity contribution >= 4 is 12.6 Å². The molecule has 1 fully saturated rings. The van der Waals surface area contributed by atoms with E-state index in [2.05, 4.69) is 45.6 Å². The third-order valence-corrected chi connectivity index (χ3v) is 4.53. The van der Waals surface area contributed by atoms with Gasteiger partial charge in [-0.15, -0.1) is 12.6 Å². The molecule has 4 atom stereocenters. The van der Waals surface area contributed by atoms with E-state index >= 15 is 0 Å². The van der Waals surface area contributed by atoms with E-state index in [1.165, 1.54) is 0 Å². The Balaban J connectivity index is 2.67. The van der Waals surface area contributed by atoms with Crippen LogP contribution in [0, 0.1) is 5.41 Å². The molecular weight excluding hydrogens is 206 g/mol. The van der Waals surface area contributed by atoms with Crippen LogP contribution in [-0.2, 0) is 4.74 Å². The summed E-state index contributed by atoms with van der Waals surface area (Å²) in [7, 11) is 2.05. The van der Waals surface area contributed by atoms with Gasteiger partial charge in [0, 0.05) is 5.54 Å². The van der Waals surface area contributed by atoms with Crippen LogP contribution >= 0.6 is 12.6 Å². The van der Waals surface area contributed by atoms with Crippen LogP contribution in [0.3, 0.4) is 0 Å². The average molecular weight is 231 g/mol. The van der Waals surface area contributed by atoms with Gasteiger partial charge in [0.25, 0.3) is 0 Å². The highest BCUT2D eigenvalue weighted by Gasteiger charge is 2.51. The number of hydrogen-bond donors (Lipinski definition) is 2. The molecule has 0 amide bonds. The van der Waals surface area contributed by atoms with Crippen molar-refractivity contribution < 1.29 is 4.74 Å². The fourth-order valence-corrected chi connectivity index (χ4v) is 2.81. The van der Waals surface area contributed by atoms with Crippen LogP contribution in [0.4, 0.5) is 0 Å². The highest BCUT2D eigenvalue weighted by Crippen LogP contribution is 2.47. The molecule has 0 aromatic rings. The molecule has 0 radical (unpaired) electrons. The van der Waals surface area contributed by atoms with E-state index in [1.807, 2.05) is 7.05 Å². The summed E-state index contributed by atoms with van der Waals surface area (Å²) in [6.07, 6.45) is 3.77. The molecule has 0 aliphatic carbocycles. The van der Waals surface area contributed by atoms with Crippen LogP contribution in [0.5, 0.6) is 0 Å². The summed E-state index contributed by atoms with van der Waals surface area (Å²) in [5, 5.41) is 3.44. The molecule has 0 aromatic heterocycles. The number of hydrogen-bond acceptors (Lipinski definition) is 3. The molecule has 1 aliphatic heterocycles. The summed E-state index contributed by atoms with van der Waals surface area (Å²) in [5.74, 6) is 0. The normalized spacial score (nSPS) is 33.2. The van der Waals surface area contributed by atoms with Crippen molar-refractivity contribution in [1.82, 2.24) is 5.32 Å². The van der Waals surface area contributed by atoms with Crippen LogP contribution in [0.25, 0.3) is 0 Å². The van der Waals surface area contributed by atoms with Crippen molar-refractivity contribution in [3.8, 4) is 0 Å². The van der Waals surface area contributed by atoms with Crippen molar-refractivity contribution in [1.29, 1.82) is 0 Å². The third-order valence-electron chi connectivity index (χ3n) is 4.14. The molecule has 3 heteroatoms. The molecule has 0 aromatic carbocycles. The lowest BCUT2D eigenvalue weighted by Crippen LogP contribution is -2.45.